The van der Waals surface area contributed by atoms with E-state index in [-0.39, 0.29) is 5.69 Å². The first-order valence-electron chi connectivity index (χ1n) is 6.19. The molecular weight excluding hydrogens is 261 g/mol. The van der Waals surface area contributed by atoms with E-state index in [2.05, 4.69) is 4.98 Å². The summed E-state index contributed by atoms with van der Waals surface area (Å²) in [5.41, 5.74) is 1.26. The molecule has 104 valence electrons. The van der Waals surface area contributed by atoms with E-state index in [1.807, 2.05) is 24.0 Å². The molecule has 0 radical (unpaired) electrons. The van der Waals surface area contributed by atoms with Crippen LogP contribution in [0, 0.1) is 15.9 Å². The Bertz CT molecular complexity index is 605. The van der Waals surface area contributed by atoms with Crippen LogP contribution in [0.15, 0.2) is 42.7 Å². The third-order valence-corrected chi connectivity index (χ3v) is 2.95. The predicted molar refractivity (Wildman–Crippen MR) is 74.0 cm³/mol. The highest BCUT2D eigenvalue weighted by Gasteiger charge is 2.13. The molecule has 2 aromatic rings. The Morgan fingerprint density at radius 3 is 2.60 bits per heavy atom. The van der Waals surface area contributed by atoms with Crippen molar-refractivity contribution in [1.82, 2.24) is 4.98 Å². The van der Waals surface area contributed by atoms with Gasteiger partial charge < -0.3 is 4.90 Å². The van der Waals surface area contributed by atoms with Gasteiger partial charge in [0, 0.05) is 37.2 Å². The summed E-state index contributed by atoms with van der Waals surface area (Å²) in [4.78, 5) is 16.0. The second kappa shape index (κ2) is 6.10. The van der Waals surface area contributed by atoms with Crippen molar-refractivity contribution in [3.8, 4) is 0 Å². The lowest BCUT2D eigenvalue weighted by atomic mass is 10.2. The minimum atomic E-state index is -0.609. The molecular formula is C14H14FN3O2. The van der Waals surface area contributed by atoms with E-state index in [1.54, 1.807) is 12.4 Å². The second-order valence-corrected chi connectivity index (χ2v) is 4.29. The van der Waals surface area contributed by atoms with E-state index in [4.69, 9.17) is 0 Å². The maximum absolute atomic E-state index is 13.5. The number of halogens is 1. The van der Waals surface area contributed by atoms with Crippen LogP contribution in [-0.2, 0) is 6.54 Å². The summed E-state index contributed by atoms with van der Waals surface area (Å²) in [6.45, 7) is 3.07. The van der Waals surface area contributed by atoms with Crippen LogP contribution >= 0.6 is 0 Å². The fraction of sp³-hybridized carbons (Fsp3) is 0.214. The zero-order valence-corrected chi connectivity index (χ0v) is 11.0. The van der Waals surface area contributed by atoms with Crippen LogP contribution in [-0.4, -0.2) is 16.5 Å². The number of aromatic nitrogens is 1. The highest BCUT2D eigenvalue weighted by Crippen LogP contribution is 2.24. The van der Waals surface area contributed by atoms with Crippen molar-refractivity contribution in [2.24, 2.45) is 0 Å². The molecule has 0 aliphatic heterocycles. The third kappa shape index (κ3) is 3.28. The molecule has 0 atom stereocenters. The van der Waals surface area contributed by atoms with Crippen LogP contribution in [0.1, 0.15) is 12.5 Å². The Kier molecular flexibility index (Phi) is 4.24. The number of nitro groups is 1. The van der Waals surface area contributed by atoms with E-state index in [0.29, 0.717) is 18.8 Å². The number of nitrogens with zero attached hydrogens (tertiary/aromatic N) is 3. The van der Waals surface area contributed by atoms with Crippen molar-refractivity contribution in [1.29, 1.82) is 0 Å². The van der Waals surface area contributed by atoms with Gasteiger partial charge in [0.2, 0.25) is 0 Å². The highest BCUT2D eigenvalue weighted by molar-refractivity contribution is 5.53. The molecule has 0 N–H and O–H groups in total. The standard InChI is InChI=1S/C14H14FN3O2/c1-2-17(10-11-3-5-16-6-4-11)13-7-12(15)8-14(9-13)18(19)20/h3-9H,2,10H2,1H3. The monoisotopic (exact) mass is 275 g/mol. The zero-order chi connectivity index (χ0) is 14.5. The van der Waals surface area contributed by atoms with Gasteiger partial charge in [-0.2, -0.15) is 0 Å². The van der Waals surface area contributed by atoms with Crippen molar-refractivity contribution < 1.29 is 9.31 Å². The molecule has 0 fully saturated rings. The Balaban J connectivity index is 2.29. The summed E-state index contributed by atoms with van der Waals surface area (Å²) in [6, 6.07) is 7.32. The molecule has 1 aromatic heterocycles. The van der Waals surface area contributed by atoms with Crippen LogP contribution in [0.3, 0.4) is 0 Å². The second-order valence-electron chi connectivity index (χ2n) is 4.29. The van der Waals surface area contributed by atoms with Gasteiger partial charge in [0.25, 0.3) is 5.69 Å². The van der Waals surface area contributed by atoms with Crippen LogP contribution in [0.2, 0.25) is 0 Å². The largest absolute Gasteiger partial charge is 0.367 e. The first-order valence-corrected chi connectivity index (χ1v) is 6.19. The number of pyridine rings is 1. The number of hydrogen-bond donors (Lipinski definition) is 0. The van der Waals surface area contributed by atoms with Gasteiger partial charge in [-0.15, -0.1) is 0 Å². The average molecular weight is 275 g/mol. The van der Waals surface area contributed by atoms with Crippen LogP contribution in [0.4, 0.5) is 15.8 Å². The lowest BCUT2D eigenvalue weighted by molar-refractivity contribution is -0.385. The normalized spacial score (nSPS) is 10.3. The van der Waals surface area contributed by atoms with Gasteiger partial charge in [-0.1, -0.05) is 0 Å². The van der Waals surface area contributed by atoms with Gasteiger partial charge in [0.05, 0.1) is 11.0 Å². The maximum Gasteiger partial charge on any atom is 0.274 e. The number of anilines is 1. The molecule has 0 bridgehead atoms. The molecule has 0 unspecified atom stereocenters. The number of benzene rings is 1. The summed E-state index contributed by atoms with van der Waals surface area (Å²) >= 11 is 0. The van der Waals surface area contributed by atoms with E-state index < -0.39 is 10.7 Å². The number of non-ortho nitro benzene ring substituents is 1. The summed E-state index contributed by atoms with van der Waals surface area (Å²) in [6.07, 6.45) is 3.36. The smallest absolute Gasteiger partial charge is 0.274 e. The van der Waals surface area contributed by atoms with Crippen molar-refractivity contribution in [2.75, 3.05) is 11.4 Å². The Labute approximate surface area is 115 Å². The molecule has 1 heterocycles. The quantitative estimate of drug-likeness (QED) is 0.621. The molecule has 5 nitrogen and oxygen atoms in total. The van der Waals surface area contributed by atoms with E-state index >= 15 is 0 Å². The van der Waals surface area contributed by atoms with Crippen LogP contribution in [0.5, 0.6) is 0 Å². The number of rotatable bonds is 5. The molecule has 0 spiro atoms. The topological polar surface area (TPSA) is 59.3 Å². The molecule has 0 saturated carbocycles. The van der Waals surface area contributed by atoms with Gasteiger partial charge in [-0.05, 0) is 30.7 Å². The minimum absolute atomic E-state index is 0.242. The Morgan fingerprint density at radius 1 is 1.30 bits per heavy atom. The van der Waals surface area contributed by atoms with Crippen LogP contribution < -0.4 is 4.90 Å². The minimum Gasteiger partial charge on any atom is -0.367 e. The highest BCUT2D eigenvalue weighted by atomic mass is 19.1. The molecule has 6 heteroatoms. The van der Waals surface area contributed by atoms with Crippen molar-refractivity contribution in [3.63, 3.8) is 0 Å². The van der Waals surface area contributed by atoms with E-state index in [9.17, 15) is 14.5 Å². The summed E-state index contributed by atoms with van der Waals surface area (Å²) < 4.78 is 13.5. The lowest BCUT2D eigenvalue weighted by Gasteiger charge is -2.23. The molecule has 0 aliphatic rings. The Hall–Kier alpha value is -2.50. The summed E-state index contributed by atoms with van der Waals surface area (Å²) in [5, 5.41) is 10.8. The number of nitro benzene ring substituents is 1. The predicted octanol–water partition coefficient (Wildman–Crippen LogP) is 3.16. The van der Waals surface area contributed by atoms with Gasteiger partial charge in [0.1, 0.15) is 5.82 Å². The maximum atomic E-state index is 13.5. The van der Waals surface area contributed by atoms with Gasteiger partial charge >= 0.3 is 0 Å². The summed E-state index contributed by atoms with van der Waals surface area (Å²) in [7, 11) is 0. The molecule has 1 aromatic carbocycles. The molecule has 0 amide bonds. The fourth-order valence-corrected chi connectivity index (χ4v) is 1.94. The summed E-state index contributed by atoms with van der Waals surface area (Å²) in [5.74, 6) is -0.609. The Morgan fingerprint density at radius 2 is 2.00 bits per heavy atom. The lowest BCUT2D eigenvalue weighted by Crippen LogP contribution is -2.22. The first kappa shape index (κ1) is 13.9. The molecule has 0 aliphatic carbocycles. The van der Waals surface area contributed by atoms with Crippen molar-refractivity contribution in [2.45, 2.75) is 13.5 Å². The average Bonchev–Trinajstić information content (AvgIpc) is 2.45. The first-order chi connectivity index (χ1) is 9.60. The number of hydrogen-bond acceptors (Lipinski definition) is 4. The van der Waals surface area contributed by atoms with E-state index in [0.717, 1.165) is 11.6 Å². The zero-order valence-electron chi connectivity index (χ0n) is 11.0. The van der Waals surface area contributed by atoms with Gasteiger partial charge in [-0.25, -0.2) is 4.39 Å². The molecule has 0 saturated heterocycles. The SMILES string of the molecule is CCN(Cc1ccncc1)c1cc(F)cc([N+](=O)[O-])c1. The molecule has 2 rings (SSSR count). The van der Waals surface area contributed by atoms with Gasteiger partial charge in [0.15, 0.2) is 0 Å². The van der Waals surface area contributed by atoms with Crippen LogP contribution in [0.25, 0.3) is 0 Å². The fourth-order valence-electron chi connectivity index (χ4n) is 1.94. The molecule has 20 heavy (non-hydrogen) atoms. The van der Waals surface area contributed by atoms with Gasteiger partial charge in [-0.3, -0.25) is 15.1 Å². The van der Waals surface area contributed by atoms with E-state index in [1.165, 1.54) is 12.1 Å². The van der Waals surface area contributed by atoms with Crippen molar-refractivity contribution >= 4 is 11.4 Å². The van der Waals surface area contributed by atoms with Crippen molar-refractivity contribution in [3.05, 3.63) is 64.2 Å². The third-order valence-electron chi connectivity index (χ3n) is 2.95.